The number of rotatable bonds is 22. The van der Waals surface area contributed by atoms with Gasteiger partial charge in [0, 0.05) is 19.3 Å². The maximum atomic E-state index is 11.9. The molecule has 0 saturated heterocycles. The smallest absolute Gasteiger partial charge is 0.303 e. The molecule has 1 N–H and O–H groups in total. The Morgan fingerprint density at radius 1 is 0.481 bits per heavy atom. The fourth-order valence-corrected chi connectivity index (χ4v) is 3.59. The summed E-state index contributed by atoms with van der Waals surface area (Å²) in [5.74, 6) is -0.222. The molecule has 0 spiro atoms. The van der Waals surface area contributed by atoms with E-state index in [1.165, 1.54) is 83.5 Å². The van der Waals surface area contributed by atoms with Crippen LogP contribution in [0.2, 0.25) is 0 Å². The van der Waals surface area contributed by atoms with Crippen LogP contribution in [0.1, 0.15) is 142 Å². The van der Waals surface area contributed by atoms with Crippen LogP contribution in [0.3, 0.4) is 0 Å². The van der Waals surface area contributed by atoms with Crippen molar-refractivity contribution in [3.63, 3.8) is 0 Å². The van der Waals surface area contributed by atoms with E-state index in [9.17, 15) is 9.59 Å². The fourth-order valence-electron chi connectivity index (χ4n) is 3.59. The minimum atomic E-state index is -0.683. The van der Waals surface area contributed by atoms with Crippen LogP contribution in [0.4, 0.5) is 0 Å². The highest BCUT2D eigenvalue weighted by Gasteiger charge is 2.02. The minimum Gasteiger partial charge on any atom is -0.481 e. The van der Waals surface area contributed by atoms with Crippen molar-refractivity contribution in [2.45, 2.75) is 142 Å². The van der Waals surface area contributed by atoms with Crippen LogP contribution >= 0.6 is 0 Å². The molecule has 0 saturated carbocycles. The van der Waals surface area contributed by atoms with Gasteiger partial charge in [0.25, 0.3) is 0 Å². The van der Waals surface area contributed by atoms with Gasteiger partial charge in [-0.25, -0.2) is 0 Å². The van der Waals surface area contributed by atoms with Crippen LogP contribution < -0.4 is 0 Å². The Balaban J connectivity index is 3.16. The molecule has 0 aliphatic heterocycles. The monoisotopic (exact) mass is 382 g/mol. The molecule has 3 heteroatoms. The Morgan fingerprint density at radius 2 is 0.778 bits per heavy atom. The number of carbonyl (C=O) groups is 2. The zero-order valence-corrected chi connectivity index (χ0v) is 18.1. The third-order valence-corrected chi connectivity index (χ3v) is 5.41. The number of hydrogen-bond donors (Lipinski definition) is 1. The average molecular weight is 383 g/mol. The first-order valence-electron chi connectivity index (χ1n) is 11.9. The second-order valence-electron chi connectivity index (χ2n) is 8.19. The van der Waals surface area contributed by atoms with E-state index in [-0.39, 0.29) is 0 Å². The summed E-state index contributed by atoms with van der Waals surface area (Å²) in [6.45, 7) is 2.26. The first-order valence-corrected chi connectivity index (χ1v) is 11.9. The quantitative estimate of drug-likeness (QED) is 0.194. The van der Waals surface area contributed by atoms with Crippen LogP contribution in [0, 0.1) is 0 Å². The highest BCUT2D eigenvalue weighted by atomic mass is 16.4. The average Bonchev–Trinajstić information content (AvgIpc) is 2.64. The molecule has 27 heavy (non-hydrogen) atoms. The SMILES string of the molecule is CCCCCCCCCCCCC(=O)CCCCCCCCCCC(=O)O. The molecule has 0 unspecified atom stereocenters. The summed E-state index contributed by atoms with van der Waals surface area (Å²) in [7, 11) is 0. The summed E-state index contributed by atoms with van der Waals surface area (Å²) in [4.78, 5) is 22.3. The van der Waals surface area contributed by atoms with Crippen LogP contribution in [0.15, 0.2) is 0 Å². The second-order valence-corrected chi connectivity index (χ2v) is 8.19. The van der Waals surface area contributed by atoms with Gasteiger partial charge in [-0.3, -0.25) is 9.59 Å². The Labute approximate surface area is 168 Å². The highest BCUT2D eigenvalue weighted by Crippen LogP contribution is 2.14. The maximum absolute atomic E-state index is 11.9. The van der Waals surface area contributed by atoms with Gasteiger partial charge in [-0.05, 0) is 19.3 Å². The van der Waals surface area contributed by atoms with Crippen molar-refractivity contribution in [1.82, 2.24) is 0 Å². The number of ketones is 1. The maximum Gasteiger partial charge on any atom is 0.303 e. The fraction of sp³-hybridized carbons (Fsp3) is 0.917. The summed E-state index contributed by atoms with van der Waals surface area (Å²) in [5.41, 5.74) is 0. The molecule has 0 aliphatic rings. The van der Waals surface area contributed by atoms with E-state index in [4.69, 9.17) is 5.11 Å². The number of unbranched alkanes of at least 4 members (excludes halogenated alkanes) is 16. The summed E-state index contributed by atoms with van der Waals surface area (Å²) >= 11 is 0. The van der Waals surface area contributed by atoms with Gasteiger partial charge >= 0.3 is 5.97 Å². The van der Waals surface area contributed by atoms with Gasteiger partial charge in [-0.2, -0.15) is 0 Å². The Bertz CT molecular complexity index is 339. The molecular formula is C24H46O3. The topological polar surface area (TPSA) is 54.4 Å². The van der Waals surface area contributed by atoms with Crippen molar-refractivity contribution in [3.8, 4) is 0 Å². The van der Waals surface area contributed by atoms with E-state index < -0.39 is 5.97 Å². The van der Waals surface area contributed by atoms with Crippen LogP contribution in [0.5, 0.6) is 0 Å². The Kier molecular flexibility index (Phi) is 20.8. The normalized spacial score (nSPS) is 11.0. The standard InChI is InChI=1S/C24H46O3/c1-2-3-4-5-6-7-8-11-14-17-20-23(25)21-18-15-12-9-10-13-16-19-22-24(26)27/h2-22H2,1H3,(H,26,27). The summed E-state index contributed by atoms with van der Waals surface area (Å²) in [6.07, 6.45) is 23.9. The molecule has 0 aromatic carbocycles. The van der Waals surface area contributed by atoms with Crippen molar-refractivity contribution >= 4 is 11.8 Å². The zero-order chi connectivity index (χ0) is 20.0. The number of carboxylic acid groups (broad SMARTS) is 1. The second kappa shape index (κ2) is 21.4. The number of hydrogen-bond acceptors (Lipinski definition) is 2. The predicted molar refractivity (Wildman–Crippen MR) is 115 cm³/mol. The molecule has 0 radical (unpaired) electrons. The van der Waals surface area contributed by atoms with E-state index in [1.807, 2.05) is 0 Å². The zero-order valence-electron chi connectivity index (χ0n) is 18.1. The van der Waals surface area contributed by atoms with E-state index in [2.05, 4.69) is 6.92 Å². The first-order chi connectivity index (χ1) is 13.2. The van der Waals surface area contributed by atoms with Gasteiger partial charge in [0.1, 0.15) is 5.78 Å². The van der Waals surface area contributed by atoms with Crippen LogP contribution in [0.25, 0.3) is 0 Å². The lowest BCUT2D eigenvalue weighted by molar-refractivity contribution is -0.137. The third kappa shape index (κ3) is 23.1. The lowest BCUT2D eigenvalue weighted by Crippen LogP contribution is -1.97. The predicted octanol–water partition coefficient (Wildman–Crippen LogP) is 7.85. The molecule has 0 rings (SSSR count). The molecule has 0 aliphatic carbocycles. The lowest BCUT2D eigenvalue weighted by Gasteiger charge is -2.04. The molecule has 0 amide bonds. The van der Waals surface area contributed by atoms with Crippen molar-refractivity contribution in [1.29, 1.82) is 0 Å². The van der Waals surface area contributed by atoms with Crippen LogP contribution in [-0.2, 0) is 9.59 Å². The molecule has 3 nitrogen and oxygen atoms in total. The summed E-state index contributed by atoms with van der Waals surface area (Å²) < 4.78 is 0. The molecule has 0 atom stereocenters. The van der Waals surface area contributed by atoms with E-state index in [1.54, 1.807) is 0 Å². The Morgan fingerprint density at radius 3 is 1.11 bits per heavy atom. The first kappa shape index (κ1) is 26.1. The van der Waals surface area contributed by atoms with Crippen molar-refractivity contribution in [2.24, 2.45) is 0 Å². The minimum absolute atomic E-state index is 0.307. The van der Waals surface area contributed by atoms with E-state index >= 15 is 0 Å². The van der Waals surface area contributed by atoms with Crippen LogP contribution in [-0.4, -0.2) is 16.9 Å². The summed E-state index contributed by atoms with van der Waals surface area (Å²) in [6, 6.07) is 0. The molecule has 160 valence electrons. The van der Waals surface area contributed by atoms with Gasteiger partial charge in [0.15, 0.2) is 0 Å². The molecule has 0 fully saturated rings. The van der Waals surface area contributed by atoms with Crippen molar-refractivity contribution in [2.75, 3.05) is 0 Å². The number of carbonyl (C=O) groups excluding carboxylic acids is 1. The molecule has 0 aromatic rings. The van der Waals surface area contributed by atoms with Gasteiger partial charge in [-0.1, -0.05) is 103 Å². The van der Waals surface area contributed by atoms with E-state index in [0.29, 0.717) is 12.2 Å². The molecule has 0 bridgehead atoms. The van der Waals surface area contributed by atoms with E-state index in [0.717, 1.165) is 44.9 Å². The van der Waals surface area contributed by atoms with Crippen molar-refractivity contribution < 1.29 is 14.7 Å². The van der Waals surface area contributed by atoms with Gasteiger partial charge in [-0.15, -0.1) is 0 Å². The Hall–Kier alpha value is -0.860. The highest BCUT2D eigenvalue weighted by molar-refractivity contribution is 5.78. The van der Waals surface area contributed by atoms with Crippen molar-refractivity contribution in [3.05, 3.63) is 0 Å². The number of carboxylic acids is 1. The summed E-state index contributed by atoms with van der Waals surface area (Å²) in [5, 5.41) is 8.57. The van der Waals surface area contributed by atoms with Gasteiger partial charge < -0.3 is 5.11 Å². The largest absolute Gasteiger partial charge is 0.481 e. The number of Topliss-reactive ketones (excluding diaryl/α,β-unsaturated/α-hetero) is 1. The molecule has 0 heterocycles. The molecule has 0 aromatic heterocycles. The van der Waals surface area contributed by atoms with Gasteiger partial charge in [0.2, 0.25) is 0 Å². The number of aliphatic carboxylic acids is 1. The molecular weight excluding hydrogens is 336 g/mol. The third-order valence-electron chi connectivity index (χ3n) is 5.41. The lowest BCUT2D eigenvalue weighted by atomic mass is 10.0. The van der Waals surface area contributed by atoms with Gasteiger partial charge in [0.05, 0.1) is 0 Å².